The van der Waals surface area contributed by atoms with Crippen molar-refractivity contribution in [3.8, 4) is 11.5 Å². The molecule has 9 heteroatoms. The maximum atomic E-state index is 14.6. The molecule has 0 spiro atoms. The van der Waals surface area contributed by atoms with Gasteiger partial charge in [0, 0.05) is 23.2 Å². The minimum Gasteiger partial charge on any atom is -0.493 e. The number of hydrogen-bond acceptors (Lipinski definition) is 5. The quantitative estimate of drug-likeness (QED) is 0.652. The molecule has 164 valence electrons. The Bertz CT molecular complexity index is 990. The van der Waals surface area contributed by atoms with Crippen LogP contribution in [0.5, 0.6) is 11.5 Å². The van der Waals surface area contributed by atoms with Crippen molar-refractivity contribution in [2.75, 3.05) is 33.9 Å². The number of ether oxygens (including phenoxy) is 2. The average Bonchev–Trinajstić information content (AvgIpc) is 3.24. The number of methoxy groups -OCH3 is 2. The number of aryl methyl sites for hydroxylation is 1. The zero-order valence-corrected chi connectivity index (χ0v) is 18.8. The van der Waals surface area contributed by atoms with Crippen LogP contribution in [0.2, 0.25) is 5.02 Å². The molecule has 0 aromatic heterocycles. The van der Waals surface area contributed by atoms with Crippen molar-refractivity contribution in [1.29, 1.82) is 0 Å². The van der Waals surface area contributed by atoms with Crippen LogP contribution in [0.25, 0.3) is 0 Å². The molecule has 0 radical (unpaired) electrons. The molecule has 0 aliphatic carbocycles. The summed E-state index contributed by atoms with van der Waals surface area (Å²) in [6, 6.07) is 7.04. The molecule has 0 bridgehead atoms. The fourth-order valence-corrected chi connectivity index (χ4v) is 5.38. The summed E-state index contributed by atoms with van der Waals surface area (Å²) in [4.78, 5) is 2.15. The molecule has 1 aliphatic heterocycles. The van der Waals surface area contributed by atoms with Gasteiger partial charge in [0.25, 0.3) is 0 Å². The van der Waals surface area contributed by atoms with Crippen LogP contribution in [0.4, 0.5) is 4.39 Å². The minimum atomic E-state index is -3.88. The number of halogens is 2. The summed E-state index contributed by atoms with van der Waals surface area (Å²) in [5.74, 6) is 0.319. The van der Waals surface area contributed by atoms with E-state index in [4.69, 9.17) is 21.1 Å². The van der Waals surface area contributed by atoms with E-state index in [0.717, 1.165) is 25.9 Å². The maximum Gasteiger partial charge on any atom is 0.241 e. The highest BCUT2D eigenvalue weighted by molar-refractivity contribution is 7.89. The third kappa shape index (κ3) is 4.72. The fourth-order valence-electron chi connectivity index (χ4n) is 3.81. The second kappa shape index (κ2) is 9.51. The van der Waals surface area contributed by atoms with Gasteiger partial charge < -0.3 is 9.47 Å². The maximum absolute atomic E-state index is 14.6. The normalized spacial score (nSPS) is 15.9. The molecular weight excluding hydrogens is 431 g/mol. The van der Waals surface area contributed by atoms with E-state index in [1.807, 2.05) is 0 Å². The highest BCUT2D eigenvalue weighted by Crippen LogP contribution is 2.34. The molecule has 3 rings (SSSR count). The van der Waals surface area contributed by atoms with Gasteiger partial charge in [-0.05, 0) is 56.6 Å². The number of hydrogen-bond donors (Lipinski definition) is 1. The first-order valence-corrected chi connectivity index (χ1v) is 11.5. The Morgan fingerprint density at radius 1 is 1.17 bits per heavy atom. The lowest BCUT2D eigenvalue weighted by Crippen LogP contribution is -2.37. The third-order valence-corrected chi connectivity index (χ3v) is 7.25. The van der Waals surface area contributed by atoms with Crippen LogP contribution >= 0.6 is 11.6 Å². The lowest BCUT2D eigenvalue weighted by Gasteiger charge is -2.29. The van der Waals surface area contributed by atoms with E-state index in [1.165, 1.54) is 26.4 Å². The molecule has 1 atom stereocenters. The molecule has 1 aliphatic rings. The number of benzene rings is 2. The van der Waals surface area contributed by atoms with Crippen molar-refractivity contribution in [1.82, 2.24) is 9.62 Å². The van der Waals surface area contributed by atoms with Crippen LogP contribution < -0.4 is 14.2 Å². The van der Waals surface area contributed by atoms with Gasteiger partial charge in [0.2, 0.25) is 10.0 Å². The number of rotatable bonds is 8. The molecule has 1 saturated heterocycles. The van der Waals surface area contributed by atoms with Crippen LogP contribution in [0.1, 0.15) is 30.0 Å². The van der Waals surface area contributed by atoms with E-state index in [1.54, 1.807) is 25.1 Å². The van der Waals surface area contributed by atoms with Crippen LogP contribution in [0, 0.1) is 12.7 Å². The van der Waals surface area contributed by atoms with E-state index in [9.17, 15) is 12.8 Å². The zero-order valence-electron chi connectivity index (χ0n) is 17.2. The topological polar surface area (TPSA) is 67.9 Å². The van der Waals surface area contributed by atoms with Crippen molar-refractivity contribution in [3.63, 3.8) is 0 Å². The van der Waals surface area contributed by atoms with E-state index < -0.39 is 21.9 Å². The van der Waals surface area contributed by atoms with Crippen molar-refractivity contribution in [3.05, 3.63) is 52.3 Å². The lowest BCUT2D eigenvalue weighted by molar-refractivity contribution is 0.241. The van der Waals surface area contributed by atoms with E-state index >= 15 is 0 Å². The van der Waals surface area contributed by atoms with E-state index in [-0.39, 0.29) is 16.5 Å². The Kier molecular flexibility index (Phi) is 7.23. The van der Waals surface area contributed by atoms with Gasteiger partial charge in [-0.2, -0.15) is 0 Å². The predicted octanol–water partition coefficient (Wildman–Crippen LogP) is 3.92. The van der Waals surface area contributed by atoms with Crippen LogP contribution in [-0.2, 0) is 10.0 Å². The zero-order chi connectivity index (χ0) is 21.9. The molecule has 0 saturated carbocycles. The van der Waals surface area contributed by atoms with Gasteiger partial charge in [0.05, 0.1) is 25.2 Å². The molecule has 6 nitrogen and oxygen atoms in total. The fraction of sp³-hybridized carbons (Fsp3) is 0.429. The summed E-state index contributed by atoms with van der Waals surface area (Å²) in [5, 5.41) is 0.286. The van der Waals surface area contributed by atoms with Gasteiger partial charge in [0.1, 0.15) is 5.82 Å². The number of nitrogens with one attached hydrogen (secondary N) is 1. The van der Waals surface area contributed by atoms with Crippen molar-refractivity contribution in [2.45, 2.75) is 30.7 Å². The largest absolute Gasteiger partial charge is 0.493 e. The Hall–Kier alpha value is -1.87. The third-order valence-electron chi connectivity index (χ3n) is 5.35. The second-order valence-corrected chi connectivity index (χ2v) is 9.36. The van der Waals surface area contributed by atoms with Crippen molar-refractivity contribution < 1.29 is 22.3 Å². The van der Waals surface area contributed by atoms with Crippen LogP contribution in [0.15, 0.2) is 35.2 Å². The van der Waals surface area contributed by atoms with Gasteiger partial charge in [-0.25, -0.2) is 17.5 Å². The van der Waals surface area contributed by atoms with Gasteiger partial charge in [0.15, 0.2) is 11.5 Å². The lowest BCUT2D eigenvalue weighted by atomic mass is 10.0. The van der Waals surface area contributed by atoms with Crippen LogP contribution in [0.3, 0.4) is 0 Å². The summed E-state index contributed by atoms with van der Waals surface area (Å²) < 4.78 is 53.9. The highest BCUT2D eigenvalue weighted by Gasteiger charge is 2.30. The van der Waals surface area contributed by atoms with Gasteiger partial charge >= 0.3 is 0 Å². The molecular formula is C21H26ClFN2O4S. The first kappa shape index (κ1) is 22.8. The monoisotopic (exact) mass is 456 g/mol. The second-order valence-electron chi connectivity index (χ2n) is 7.22. The molecule has 2 aromatic carbocycles. The van der Waals surface area contributed by atoms with Crippen molar-refractivity contribution >= 4 is 21.6 Å². The summed E-state index contributed by atoms with van der Waals surface area (Å²) in [7, 11) is -0.951. The molecule has 2 aromatic rings. The number of nitrogens with zero attached hydrogens (tertiary/aromatic N) is 1. The molecule has 30 heavy (non-hydrogen) atoms. The Labute approximate surface area is 182 Å². The Morgan fingerprint density at radius 2 is 1.80 bits per heavy atom. The predicted molar refractivity (Wildman–Crippen MR) is 114 cm³/mol. The van der Waals surface area contributed by atoms with Crippen LogP contribution in [-0.4, -0.2) is 47.2 Å². The van der Waals surface area contributed by atoms with Gasteiger partial charge in [-0.15, -0.1) is 0 Å². The smallest absolute Gasteiger partial charge is 0.241 e. The highest BCUT2D eigenvalue weighted by atomic mass is 35.5. The Morgan fingerprint density at radius 3 is 2.40 bits per heavy atom. The minimum absolute atomic E-state index is 0.00320. The number of likely N-dealkylation sites (tertiary alicyclic amines) is 1. The van der Waals surface area contributed by atoms with Crippen molar-refractivity contribution in [2.24, 2.45) is 0 Å². The van der Waals surface area contributed by atoms with Gasteiger partial charge in [-0.3, -0.25) is 4.90 Å². The number of sulfonamides is 1. The summed E-state index contributed by atoms with van der Waals surface area (Å²) >= 11 is 6.29. The standard InChI is InChI=1S/C21H26ClFN2O4S/c1-14-11-18(28-2)19(29-3)12-20(14)30(26,27)24-13-17(25-9-4-5-10-25)21-15(22)7-6-8-16(21)23/h6-8,11-12,17,24H,4-5,9-10,13H2,1-3H3. The SMILES string of the molecule is COc1cc(C)c(S(=O)(=O)NCC(c2c(F)cccc2Cl)N2CCCC2)cc1OC. The molecule has 1 N–H and O–H groups in total. The molecule has 1 fully saturated rings. The van der Waals surface area contributed by atoms with E-state index in [0.29, 0.717) is 22.6 Å². The molecule has 0 amide bonds. The first-order chi connectivity index (χ1) is 14.3. The molecule has 1 heterocycles. The Balaban J connectivity index is 1.92. The summed E-state index contributed by atoms with van der Waals surface area (Å²) in [6.45, 7) is 3.19. The van der Waals surface area contributed by atoms with Gasteiger partial charge in [-0.1, -0.05) is 17.7 Å². The summed E-state index contributed by atoms with van der Waals surface area (Å²) in [6.07, 6.45) is 1.95. The first-order valence-electron chi connectivity index (χ1n) is 9.68. The molecule has 1 unspecified atom stereocenters. The average molecular weight is 457 g/mol. The summed E-state index contributed by atoms with van der Waals surface area (Å²) in [5.41, 5.74) is 0.828. The van der Waals surface area contributed by atoms with E-state index in [2.05, 4.69) is 9.62 Å².